The Morgan fingerprint density at radius 1 is 1.45 bits per heavy atom. The van der Waals surface area contributed by atoms with E-state index >= 15 is 0 Å². The third-order valence-electron chi connectivity index (χ3n) is 1.55. The molecule has 2 heterocycles. The Morgan fingerprint density at radius 2 is 2.27 bits per heavy atom. The van der Waals surface area contributed by atoms with Crippen LogP contribution >= 0.6 is 22.9 Å². The molecule has 0 unspecified atom stereocenters. The van der Waals surface area contributed by atoms with Gasteiger partial charge in [-0.15, -0.1) is 0 Å². The monoisotopic (exact) mass is 259 g/mol. The van der Waals surface area contributed by atoms with Gasteiger partial charge in [0.25, 0.3) is 0 Å². The van der Waals surface area contributed by atoms with Crippen LogP contribution in [-0.2, 0) is 0 Å². The third-order valence-corrected chi connectivity index (χ3v) is 2.31. The number of nitrogens with zero attached hydrogens (tertiary/aromatic N) is 3. The molecule has 0 atom stereocenters. The van der Waals surface area contributed by atoms with Gasteiger partial charge in [-0.05, 0) is 13.0 Å². The molecule has 0 N–H and O–H groups in total. The van der Waals surface area contributed by atoms with E-state index in [1.54, 1.807) is 0 Å². The standard InChI is InChI=1S/C7H6IN3/c1-5-2-7-6(3-9-5)4-10-11(7)8/h2-4H,1H3. The minimum atomic E-state index is 1.02. The molecule has 0 aliphatic heterocycles. The molecular weight excluding hydrogens is 253 g/mol. The average molecular weight is 259 g/mol. The fourth-order valence-electron chi connectivity index (χ4n) is 0.990. The van der Waals surface area contributed by atoms with Gasteiger partial charge >= 0.3 is 0 Å². The summed E-state index contributed by atoms with van der Waals surface area (Å²) in [6.45, 7) is 1.98. The van der Waals surface area contributed by atoms with Gasteiger partial charge in [-0.2, -0.15) is 5.10 Å². The zero-order chi connectivity index (χ0) is 7.84. The van der Waals surface area contributed by atoms with Crippen molar-refractivity contribution in [1.82, 2.24) is 13.0 Å². The van der Waals surface area contributed by atoms with Gasteiger partial charge in [-0.1, -0.05) is 0 Å². The number of pyridine rings is 1. The van der Waals surface area contributed by atoms with E-state index in [4.69, 9.17) is 0 Å². The molecular formula is C7H6IN3. The fraction of sp³-hybridized carbons (Fsp3) is 0.143. The van der Waals surface area contributed by atoms with Crippen molar-refractivity contribution < 1.29 is 0 Å². The van der Waals surface area contributed by atoms with Crippen LogP contribution in [0, 0.1) is 6.92 Å². The minimum Gasteiger partial charge on any atom is -0.261 e. The van der Waals surface area contributed by atoms with Gasteiger partial charge in [0.05, 0.1) is 34.6 Å². The summed E-state index contributed by atoms with van der Waals surface area (Å²) in [7, 11) is 0. The van der Waals surface area contributed by atoms with Crippen molar-refractivity contribution in [3.8, 4) is 0 Å². The summed E-state index contributed by atoms with van der Waals surface area (Å²) in [6.07, 6.45) is 3.65. The molecule has 0 spiro atoms. The summed E-state index contributed by atoms with van der Waals surface area (Å²) in [5, 5.41) is 5.19. The molecule has 0 aliphatic carbocycles. The minimum absolute atomic E-state index is 1.02. The van der Waals surface area contributed by atoms with E-state index < -0.39 is 0 Å². The van der Waals surface area contributed by atoms with Crippen LogP contribution in [0.25, 0.3) is 10.9 Å². The first-order valence-corrected chi connectivity index (χ1v) is 4.20. The number of fused-ring (bicyclic) bond motifs is 1. The van der Waals surface area contributed by atoms with Gasteiger partial charge in [-0.25, -0.2) is 2.90 Å². The number of aryl methyl sites for hydroxylation is 1. The molecule has 2 aromatic heterocycles. The maximum atomic E-state index is 4.16. The summed E-state index contributed by atoms with van der Waals surface area (Å²) < 4.78 is 1.82. The topological polar surface area (TPSA) is 30.7 Å². The Bertz CT molecular complexity index is 393. The zero-order valence-corrected chi connectivity index (χ0v) is 8.11. The molecule has 0 bridgehead atoms. The van der Waals surface area contributed by atoms with Crippen LogP contribution in [0.1, 0.15) is 5.69 Å². The lowest BCUT2D eigenvalue weighted by Crippen LogP contribution is -1.82. The molecule has 56 valence electrons. The second-order valence-electron chi connectivity index (χ2n) is 2.39. The molecule has 0 saturated carbocycles. The Labute approximate surface area is 77.9 Å². The van der Waals surface area contributed by atoms with Crippen LogP contribution < -0.4 is 0 Å². The molecule has 0 amide bonds. The second-order valence-corrected chi connectivity index (χ2v) is 3.30. The SMILES string of the molecule is Cc1cc2c(cn1)cnn2I. The number of hydrogen-bond donors (Lipinski definition) is 0. The first kappa shape index (κ1) is 7.02. The maximum Gasteiger partial charge on any atom is 0.0851 e. The van der Waals surface area contributed by atoms with Gasteiger partial charge in [0, 0.05) is 17.3 Å². The van der Waals surface area contributed by atoms with E-state index in [1.807, 2.05) is 28.3 Å². The van der Waals surface area contributed by atoms with Gasteiger partial charge in [0.15, 0.2) is 0 Å². The maximum absolute atomic E-state index is 4.16. The van der Waals surface area contributed by atoms with Gasteiger partial charge in [0.2, 0.25) is 0 Å². The predicted octanol–water partition coefficient (Wildman–Crippen LogP) is 1.94. The van der Waals surface area contributed by atoms with Gasteiger partial charge < -0.3 is 0 Å². The molecule has 2 aromatic rings. The number of hydrogen-bond acceptors (Lipinski definition) is 2. The van der Waals surface area contributed by atoms with Crippen molar-refractivity contribution in [2.45, 2.75) is 6.92 Å². The summed E-state index contributed by atoms with van der Waals surface area (Å²) in [5.41, 5.74) is 2.15. The van der Waals surface area contributed by atoms with Crippen LogP contribution in [0.5, 0.6) is 0 Å². The number of aromatic nitrogens is 3. The quantitative estimate of drug-likeness (QED) is 0.677. The van der Waals surface area contributed by atoms with Crippen LogP contribution in [0.15, 0.2) is 18.5 Å². The lowest BCUT2D eigenvalue weighted by molar-refractivity contribution is 1.08. The smallest absolute Gasteiger partial charge is 0.0851 e. The van der Waals surface area contributed by atoms with E-state index in [0.717, 1.165) is 16.6 Å². The van der Waals surface area contributed by atoms with Gasteiger partial charge in [0.1, 0.15) is 0 Å². The molecule has 0 radical (unpaired) electrons. The molecule has 0 aromatic carbocycles. The van der Waals surface area contributed by atoms with Gasteiger partial charge in [-0.3, -0.25) is 4.98 Å². The van der Waals surface area contributed by atoms with E-state index in [1.165, 1.54) is 0 Å². The highest BCUT2D eigenvalue weighted by Crippen LogP contribution is 2.14. The third kappa shape index (κ3) is 1.11. The predicted molar refractivity (Wildman–Crippen MR) is 51.7 cm³/mol. The fourth-order valence-corrected chi connectivity index (χ4v) is 1.53. The van der Waals surface area contributed by atoms with E-state index in [0.29, 0.717) is 0 Å². The van der Waals surface area contributed by atoms with Crippen LogP contribution in [-0.4, -0.2) is 13.0 Å². The summed E-state index contributed by atoms with van der Waals surface area (Å²) >= 11 is 2.15. The number of rotatable bonds is 0. The number of halogens is 1. The Balaban J connectivity index is 2.87. The van der Waals surface area contributed by atoms with Crippen molar-refractivity contribution in [3.63, 3.8) is 0 Å². The average Bonchev–Trinajstić information content (AvgIpc) is 2.33. The van der Waals surface area contributed by atoms with E-state index in [2.05, 4.69) is 32.9 Å². The Morgan fingerprint density at radius 3 is 3.09 bits per heavy atom. The van der Waals surface area contributed by atoms with Crippen molar-refractivity contribution >= 4 is 33.8 Å². The Kier molecular flexibility index (Phi) is 1.56. The first-order chi connectivity index (χ1) is 5.27. The Hall–Kier alpha value is -0.650. The van der Waals surface area contributed by atoms with Crippen LogP contribution in [0.4, 0.5) is 0 Å². The molecule has 0 aliphatic rings. The summed E-state index contributed by atoms with van der Waals surface area (Å²) in [6, 6.07) is 2.02. The molecule has 3 nitrogen and oxygen atoms in total. The second kappa shape index (κ2) is 2.44. The van der Waals surface area contributed by atoms with Crippen molar-refractivity contribution in [2.24, 2.45) is 0 Å². The molecule has 0 saturated heterocycles. The summed E-state index contributed by atoms with van der Waals surface area (Å²) in [4.78, 5) is 4.16. The molecule has 0 fully saturated rings. The lowest BCUT2D eigenvalue weighted by atomic mass is 10.3. The highest BCUT2D eigenvalue weighted by molar-refractivity contribution is 14.1. The zero-order valence-electron chi connectivity index (χ0n) is 5.95. The van der Waals surface area contributed by atoms with Crippen LogP contribution in [0.2, 0.25) is 0 Å². The van der Waals surface area contributed by atoms with Crippen molar-refractivity contribution in [3.05, 3.63) is 24.2 Å². The molecule has 4 heteroatoms. The highest BCUT2D eigenvalue weighted by Gasteiger charge is 1.99. The van der Waals surface area contributed by atoms with E-state index in [9.17, 15) is 0 Å². The highest BCUT2D eigenvalue weighted by atomic mass is 127. The molecule has 11 heavy (non-hydrogen) atoms. The van der Waals surface area contributed by atoms with Crippen molar-refractivity contribution in [2.75, 3.05) is 0 Å². The largest absolute Gasteiger partial charge is 0.261 e. The van der Waals surface area contributed by atoms with Crippen molar-refractivity contribution in [1.29, 1.82) is 0 Å². The molecule has 2 rings (SSSR count). The first-order valence-electron chi connectivity index (χ1n) is 3.24. The summed E-state index contributed by atoms with van der Waals surface area (Å²) in [5.74, 6) is 0. The normalized spacial score (nSPS) is 10.7. The van der Waals surface area contributed by atoms with Crippen LogP contribution in [0.3, 0.4) is 0 Å². The van der Waals surface area contributed by atoms with E-state index in [-0.39, 0.29) is 0 Å². The lowest BCUT2D eigenvalue weighted by Gasteiger charge is -1.92.